The van der Waals surface area contributed by atoms with E-state index in [9.17, 15) is 0 Å². The third-order valence-corrected chi connectivity index (χ3v) is 4.83. The number of hydrogen-bond acceptors (Lipinski definition) is 1. The van der Waals surface area contributed by atoms with E-state index in [4.69, 9.17) is 4.43 Å². The van der Waals surface area contributed by atoms with Crippen LogP contribution >= 0.6 is 0 Å². The fourth-order valence-electron chi connectivity index (χ4n) is 2.19. The molecular weight excluding hydrogens is 224 g/mol. The minimum absolute atomic E-state index is 0.145. The maximum Gasteiger partial charge on any atom is 0.161 e. The van der Waals surface area contributed by atoms with E-state index in [1.54, 1.807) is 0 Å². The molecule has 17 heavy (non-hydrogen) atoms. The van der Waals surface area contributed by atoms with Crippen molar-refractivity contribution in [3.05, 3.63) is 0 Å². The minimum Gasteiger partial charge on any atom is -0.424 e. The minimum atomic E-state index is -0.145. The molecule has 0 aromatic carbocycles. The fourth-order valence-corrected chi connectivity index (χ4v) is 3.24. The summed E-state index contributed by atoms with van der Waals surface area (Å²) in [4.78, 5) is 0. The summed E-state index contributed by atoms with van der Waals surface area (Å²) in [7, 11) is -0.145. The lowest BCUT2D eigenvalue weighted by Crippen LogP contribution is -1.96. The maximum absolute atomic E-state index is 5.46. The molecule has 0 fully saturated rings. The maximum atomic E-state index is 5.46. The Hall–Kier alpha value is 0.177. The molecule has 0 aliphatic heterocycles. The molecule has 0 heterocycles. The molecule has 0 saturated carbocycles. The molecule has 0 bridgehead atoms. The molecule has 0 N–H and O–H groups in total. The lowest BCUT2D eigenvalue weighted by Gasteiger charge is -2.02. The van der Waals surface area contributed by atoms with Gasteiger partial charge in [0.1, 0.15) is 0 Å². The van der Waals surface area contributed by atoms with Gasteiger partial charge in [-0.1, -0.05) is 77.6 Å². The van der Waals surface area contributed by atoms with E-state index in [0.717, 1.165) is 6.61 Å². The Morgan fingerprint density at radius 3 is 1.59 bits per heavy atom. The first-order chi connectivity index (χ1) is 8.41. The first-order valence-electron chi connectivity index (χ1n) is 7.99. The summed E-state index contributed by atoms with van der Waals surface area (Å²) in [5.74, 6) is 0. The van der Waals surface area contributed by atoms with Crippen molar-refractivity contribution in [2.24, 2.45) is 0 Å². The van der Waals surface area contributed by atoms with Crippen LogP contribution in [0.15, 0.2) is 0 Å². The summed E-state index contributed by atoms with van der Waals surface area (Å²) in [5.41, 5.74) is 0. The monoisotopic (exact) mass is 258 g/mol. The highest BCUT2D eigenvalue weighted by atomic mass is 28.2. The number of hydrogen-bond donors (Lipinski definition) is 0. The van der Waals surface area contributed by atoms with Gasteiger partial charge in [0.25, 0.3) is 0 Å². The fraction of sp³-hybridized carbons (Fsp3) is 1.00. The highest BCUT2D eigenvalue weighted by Crippen LogP contribution is 2.11. The van der Waals surface area contributed by atoms with Crippen LogP contribution in [0.5, 0.6) is 0 Å². The summed E-state index contributed by atoms with van der Waals surface area (Å²) >= 11 is 0. The summed E-state index contributed by atoms with van der Waals surface area (Å²) < 4.78 is 5.46. The predicted octanol–water partition coefficient (Wildman–Crippen LogP) is 4.84. The van der Waals surface area contributed by atoms with Crippen molar-refractivity contribution >= 4 is 9.76 Å². The van der Waals surface area contributed by atoms with Gasteiger partial charge in [0.05, 0.1) is 0 Å². The third kappa shape index (κ3) is 16.2. The Bertz CT molecular complexity index is 114. The Labute approximate surface area is 112 Å². The average molecular weight is 259 g/mol. The second-order valence-corrected chi connectivity index (χ2v) is 6.61. The van der Waals surface area contributed by atoms with Gasteiger partial charge < -0.3 is 4.43 Å². The van der Waals surface area contributed by atoms with Crippen molar-refractivity contribution in [2.45, 2.75) is 90.5 Å². The summed E-state index contributed by atoms with van der Waals surface area (Å²) in [5, 5.41) is 0. The Morgan fingerprint density at radius 1 is 0.647 bits per heavy atom. The summed E-state index contributed by atoms with van der Waals surface area (Å²) in [6.07, 6.45) is 15.9. The molecule has 104 valence electrons. The molecule has 1 nitrogen and oxygen atoms in total. The first kappa shape index (κ1) is 17.2. The smallest absolute Gasteiger partial charge is 0.161 e. The van der Waals surface area contributed by atoms with Crippen molar-refractivity contribution in [3.63, 3.8) is 0 Å². The molecule has 0 unspecified atom stereocenters. The van der Waals surface area contributed by atoms with Gasteiger partial charge in [0.2, 0.25) is 0 Å². The molecule has 0 atom stereocenters. The highest BCUT2D eigenvalue weighted by molar-refractivity contribution is 6.26. The van der Waals surface area contributed by atoms with E-state index in [1.165, 1.54) is 76.7 Å². The van der Waals surface area contributed by atoms with Crippen molar-refractivity contribution in [1.29, 1.82) is 0 Å². The average Bonchev–Trinajstić information content (AvgIpc) is 2.35. The zero-order valence-corrected chi connectivity index (χ0v) is 13.7. The normalized spacial score (nSPS) is 11.6. The standard InChI is InChI=1S/C15H34OSi/c1-3-5-6-7-8-9-10-11-12-13-14-15-17-16-4-2/h3-15,17H2,1-2H3. The highest BCUT2D eigenvalue weighted by Gasteiger charge is 1.93. The largest absolute Gasteiger partial charge is 0.424 e. The van der Waals surface area contributed by atoms with Crippen LogP contribution in [0.3, 0.4) is 0 Å². The zero-order valence-electron chi connectivity index (χ0n) is 12.3. The van der Waals surface area contributed by atoms with Crippen LogP contribution < -0.4 is 0 Å². The zero-order chi connectivity index (χ0) is 12.6. The van der Waals surface area contributed by atoms with Crippen molar-refractivity contribution in [2.75, 3.05) is 6.61 Å². The SMILES string of the molecule is CCCCCCCCCCCCC[SiH2]OCC. The second-order valence-electron chi connectivity index (χ2n) is 5.09. The van der Waals surface area contributed by atoms with Gasteiger partial charge in [0, 0.05) is 6.61 Å². The van der Waals surface area contributed by atoms with Crippen LogP contribution in [0.1, 0.15) is 84.5 Å². The summed E-state index contributed by atoms with van der Waals surface area (Å²) in [6.45, 7) is 5.33. The number of unbranched alkanes of at least 4 members (excludes halogenated alkanes) is 10. The van der Waals surface area contributed by atoms with Crippen LogP contribution in [0.4, 0.5) is 0 Å². The summed E-state index contributed by atoms with van der Waals surface area (Å²) in [6, 6.07) is 1.39. The van der Waals surface area contributed by atoms with E-state index in [-0.39, 0.29) is 9.76 Å². The molecule has 0 saturated heterocycles. The molecule has 0 aromatic heterocycles. The molecule has 0 aliphatic rings. The van der Waals surface area contributed by atoms with E-state index in [2.05, 4.69) is 13.8 Å². The van der Waals surface area contributed by atoms with Gasteiger partial charge in [-0.15, -0.1) is 0 Å². The van der Waals surface area contributed by atoms with Crippen LogP contribution in [0, 0.1) is 0 Å². The Kier molecular flexibility index (Phi) is 16.3. The predicted molar refractivity (Wildman–Crippen MR) is 81.4 cm³/mol. The molecule has 0 rings (SSSR count). The molecule has 0 aromatic rings. The molecule has 0 radical (unpaired) electrons. The van der Waals surface area contributed by atoms with Gasteiger partial charge in [0.15, 0.2) is 9.76 Å². The van der Waals surface area contributed by atoms with Crippen LogP contribution in [0.25, 0.3) is 0 Å². The Balaban J connectivity index is 2.85. The van der Waals surface area contributed by atoms with E-state index in [0.29, 0.717) is 0 Å². The van der Waals surface area contributed by atoms with E-state index >= 15 is 0 Å². The molecule has 0 aliphatic carbocycles. The number of rotatable bonds is 14. The van der Waals surface area contributed by atoms with Crippen LogP contribution in [-0.4, -0.2) is 16.4 Å². The van der Waals surface area contributed by atoms with Gasteiger partial charge >= 0.3 is 0 Å². The van der Waals surface area contributed by atoms with Crippen LogP contribution in [0.2, 0.25) is 6.04 Å². The molecule has 0 amide bonds. The molecular formula is C15H34OSi. The van der Waals surface area contributed by atoms with E-state index < -0.39 is 0 Å². The van der Waals surface area contributed by atoms with Crippen molar-refractivity contribution in [3.8, 4) is 0 Å². The van der Waals surface area contributed by atoms with Gasteiger partial charge in [-0.2, -0.15) is 0 Å². The van der Waals surface area contributed by atoms with Gasteiger partial charge in [-0.3, -0.25) is 0 Å². The molecule has 0 spiro atoms. The lowest BCUT2D eigenvalue weighted by molar-refractivity contribution is 0.358. The van der Waals surface area contributed by atoms with Crippen molar-refractivity contribution in [1.82, 2.24) is 0 Å². The molecule has 2 heteroatoms. The Morgan fingerprint density at radius 2 is 1.12 bits per heavy atom. The van der Waals surface area contributed by atoms with Crippen LogP contribution in [-0.2, 0) is 4.43 Å². The van der Waals surface area contributed by atoms with Gasteiger partial charge in [-0.05, 0) is 13.0 Å². The third-order valence-electron chi connectivity index (χ3n) is 3.35. The topological polar surface area (TPSA) is 9.23 Å². The second kappa shape index (κ2) is 16.2. The lowest BCUT2D eigenvalue weighted by atomic mass is 10.1. The van der Waals surface area contributed by atoms with Crippen molar-refractivity contribution < 1.29 is 4.43 Å². The van der Waals surface area contributed by atoms with E-state index in [1.807, 2.05) is 0 Å². The van der Waals surface area contributed by atoms with Gasteiger partial charge in [-0.25, -0.2) is 0 Å². The first-order valence-corrected chi connectivity index (χ1v) is 9.57. The quantitative estimate of drug-likeness (QED) is 0.320.